The molecule has 1 unspecified atom stereocenters. The summed E-state index contributed by atoms with van der Waals surface area (Å²) in [6.45, 7) is 9.76. The Morgan fingerprint density at radius 3 is 2.22 bits per heavy atom. The monoisotopic (exact) mass is 582 g/mol. The number of methoxy groups -OCH3 is 1. The normalized spacial score (nSPS) is 20.6. The van der Waals surface area contributed by atoms with E-state index in [1.165, 1.54) is 52.4 Å². The second kappa shape index (κ2) is 15.6. The van der Waals surface area contributed by atoms with Crippen molar-refractivity contribution < 1.29 is 18.5 Å². The minimum absolute atomic E-state index is 0.286. The van der Waals surface area contributed by atoms with Gasteiger partial charge in [-0.25, -0.2) is 13.3 Å². The first-order valence-corrected chi connectivity index (χ1v) is 16.1. The van der Waals surface area contributed by atoms with Crippen molar-refractivity contribution in [2.45, 2.75) is 56.4 Å². The molecule has 5 rings (SSSR count). The highest BCUT2D eigenvalue weighted by Crippen LogP contribution is 2.27. The highest BCUT2D eigenvalue weighted by molar-refractivity contribution is 7.82. The fourth-order valence-corrected chi connectivity index (χ4v) is 7.08. The number of benzene rings is 2. The average Bonchev–Trinajstić information content (AvgIpc) is 3.02. The van der Waals surface area contributed by atoms with E-state index in [4.69, 9.17) is 10.5 Å². The largest absolute Gasteiger partial charge is 0.465 e. The van der Waals surface area contributed by atoms with E-state index in [2.05, 4.69) is 16.7 Å². The van der Waals surface area contributed by atoms with E-state index in [-0.39, 0.29) is 6.04 Å². The lowest BCUT2D eigenvalue weighted by Gasteiger charge is -2.38. The third-order valence-corrected chi connectivity index (χ3v) is 10.1. The molecule has 0 aliphatic carbocycles. The Morgan fingerprint density at radius 2 is 1.61 bits per heavy atom. The second-order valence-electron chi connectivity index (χ2n) is 11.6. The highest BCUT2D eigenvalue weighted by Gasteiger charge is 2.25. The summed E-state index contributed by atoms with van der Waals surface area (Å²) in [5.74, 6) is 1.18. The molecule has 0 spiro atoms. The molecule has 3 aliphatic rings. The molecule has 0 bridgehead atoms. The van der Waals surface area contributed by atoms with E-state index in [0.717, 1.165) is 67.7 Å². The van der Waals surface area contributed by atoms with Gasteiger partial charge in [-0.1, -0.05) is 25.1 Å². The Labute approximate surface area is 247 Å². The van der Waals surface area contributed by atoms with Gasteiger partial charge < -0.3 is 20.3 Å². The first-order chi connectivity index (χ1) is 19.9. The average molecular weight is 583 g/mol. The molecular formula is C32H46N4O4S. The highest BCUT2D eigenvalue weighted by atomic mass is 32.2. The predicted molar refractivity (Wildman–Crippen MR) is 165 cm³/mol. The molecule has 0 amide bonds. The van der Waals surface area contributed by atoms with E-state index in [1.54, 1.807) is 6.07 Å². The number of hydrogen-bond donors (Lipinski definition) is 1. The van der Waals surface area contributed by atoms with Crippen LogP contribution >= 0.6 is 0 Å². The van der Waals surface area contributed by atoms with Gasteiger partial charge in [0, 0.05) is 50.0 Å². The van der Waals surface area contributed by atoms with E-state index < -0.39 is 17.0 Å². The number of hydrogen-bond acceptors (Lipinski definition) is 7. The number of ether oxygens (including phenoxy) is 1. The van der Waals surface area contributed by atoms with Crippen LogP contribution < -0.4 is 10.6 Å². The second-order valence-corrected chi connectivity index (χ2v) is 13.1. The minimum atomic E-state index is -1.01. The number of carbonyl (C=O) groups is 2. The molecule has 2 aromatic carbocycles. The fourth-order valence-electron chi connectivity index (χ4n) is 5.85. The van der Waals surface area contributed by atoms with E-state index >= 15 is 0 Å². The maximum absolute atomic E-state index is 12.1. The van der Waals surface area contributed by atoms with Crippen LogP contribution in [0.5, 0.6) is 0 Å². The van der Waals surface area contributed by atoms with Crippen molar-refractivity contribution in [3.05, 3.63) is 59.7 Å². The fraction of sp³-hybridized carbons (Fsp3) is 0.562. The molecule has 41 heavy (non-hydrogen) atoms. The zero-order chi connectivity index (χ0) is 29.2. The lowest BCUT2D eigenvalue weighted by atomic mass is 9.93. The van der Waals surface area contributed by atoms with Crippen molar-refractivity contribution >= 4 is 28.9 Å². The summed E-state index contributed by atoms with van der Waals surface area (Å²) < 4.78 is 18.8. The smallest absolute Gasteiger partial charge is 0.338 e. The summed E-state index contributed by atoms with van der Waals surface area (Å²) >= 11 is 0. The van der Waals surface area contributed by atoms with Crippen LogP contribution in [0.2, 0.25) is 0 Å². The van der Waals surface area contributed by atoms with Crippen LogP contribution in [-0.4, -0.2) is 84.6 Å². The molecule has 0 saturated carbocycles. The first-order valence-electron chi connectivity index (χ1n) is 15.0. The molecule has 3 fully saturated rings. The van der Waals surface area contributed by atoms with Crippen LogP contribution in [0.25, 0.3) is 0 Å². The topological polar surface area (TPSA) is 96.2 Å². The zero-order valence-corrected chi connectivity index (χ0v) is 25.4. The lowest BCUT2D eigenvalue weighted by Crippen LogP contribution is -2.41. The predicted octanol–water partition coefficient (Wildman–Crippen LogP) is 4.37. The number of anilines is 1. The number of esters is 1. The molecular weight excluding hydrogens is 536 g/mol. The molecule has 224 valence electrons. The Bertz CT molecular complexity index is 1140. The van der Waals surface area contributed by atoms with Crippen LogP contribution in [0.15, 0.2) is 53.4 Å². The summed E-state index contributed by atoms with van der Waals surface area (Å²) in [6.07, 6.45) is 7.65. The number of piperidine rings is 3. The van der Waals surface area contributed by atoms with Gasteiger partial charge in [0.05, 0.1) is 17.6 Å². The SMILES string of the molecule is COC(=O)c1ccc(N2CCC(CN3CCC(C)CC3)CC2)cc1C=O.NC1CCN(S(=O)c2ccccc2)CC1. The molecule has 2 N–H and O–H groups in total. The van der Waals surface area contributed by atoms with Crippen molar-refractivity contribution in [3.63, 3.8) is 0 Å². The molecule has 1 atom stereocenters. The van der Waals surface area contributed by atoms with Crippen molar-refractivity contribution in [1.82, 2.24) is 9.21 Å². The first kappa shape index (κ1) is 31.3. The third kappa shape index (κ3) is 8.95. The van der Waals surface area contributed by atoms with Gasteiger partial charge in [0.25, 0.3) is 0 Å². The molecule has 2 aromatic rings. The summed E-state index contributed by atoms with van der Waals surface area (Å²) in [5, 5.41) is 0. The third-order valence-electron chi connectivity index (χ3n) is 8.62. The summed E-state index contributed by atoms with van der Waals surface area (Å²) in [5.41, 5.74) is 7.56. The quantitative estimate of drug-likeness (QED) is 0.383. The lowest BCUT2D eigenvalue weighted by molar-refractivity contribution is 0.0598. The van der Waals surface area contributed by atoms with Gasteiger partial charge >= 0.3 is 5.97 Å². The van der Waals surface area contributed by atoms with E-state index in [9.17, 15) is 13.8 Å². The number of aldehydes is 1. The summed E-state index contributed by atoms with van der Waals surface area (Å²) in [4.78, 5) is 28.9. The Balaban J connectivity index is 0.000000218. The summed E-state index contributed by atoms with van der Waals surface area (Å²) in [7, 11) is 0.325. The summed E-state index contributed by atoms with van der Waals surface area (Å²) in [6, 6.07) is 15.3. The van der Waals surface area contributed by atoms with Crippen molar-refractivity contribution in [2.75, 3.05) is 57.8 Å². The van der Waals surface area contributed by atoms with Gasteiger partial charge in [-0.05, 0) is 93.8 Å². The Hall–Kier alpha value is -2.59. The van der Waals surface area contributed by atoms with Crippen molar-refractivity contribution in [2.24, 2.45) is 17.6 Å². The molecule has 3 aliphatic heterocycles. The molecule has 3 heterocycles. The van der Waals surface area contributed by atoms with Crippen LogP contribution in [0.1, 0.15) is 66.2 Å². The van der Waals surface area contributed by atoms with Crippen LogP contribution in [0, 0.1) is 11.8 Å². The number of likely N-dealkylation sites (tertiary alicyclic amines) is 1. The van der Waals surface area contributed by atoms with Gasteiger partial charge in [0.2, 0.25) is 0 Å². The van der Waals surface area contributed by atoms with Gasteiger partial charge in [0.1, 0.15) is 11.0 Å². The Morgan fingerprint density at radius 1 is 0.951 bits per heavy atom. The molecule has 3 saturated heterocycles. The number of carbonyl (C=O) groups excluding carboxylic acids is 2. The van der Waals surface area contributed by atoms with Gasteiger partial charge in [0.15, 0.2) is 6.29 Å². The standard InChI is InChI=1S/C21H30N2O3.C11H16N2OS/c1-16-5-9-22(10-6-16)14-17-7-11-23(12-8-17)19-3-4-20(21(25)26-2)18(13-19)15-24;12-10-6-8-13(9-7-10)15(14)11-4-2-1-3-5-11/h3-4,13,15-17H,5-12,14H2,1-2H3;1-5,10H,6-9,12H2. The molecule has 9 heteroatoms. The van der Waals surface area contributed by atoms with Crippen LogP contribution in [-0.2, 0) is 15.7 Å². The van der Waals surface area contributed by atoms with Gasteiger partial charge in [-0.15, -0.1) is 0 Å². The van der Waals surface area contributed by atoms with E-state index in [0.29, 0.717) is 11.1 Å². The molecule has 0 aromatic heterocycles. The van der Waals surface area contributed by atoms with Gasteiger partial charge in [-0.2, -0.15) is 0 Å². The number of rotatable bonds is 7. The zero-order valence-electron chi connectivity index (χ0n) is 24.6. The number of nitrogens with zero attached hydrogens (tertiary/aromatic N) is 3. The Kier molecular flexibility index (Phi) is 11.9. The minimum Gasteiger partial charge on any atom is -0.465 e. The number of nitrogens with two attached hydrogens (primary N) is 1. The molecule has 0 radical (unpaired) electrons. The van der Waals surface area contributed by atoms with Crippen molar-refractivity contribution in [3.8, 4) is 0 Å². The van der Waals surface area contributed by atoms with E-state index in [1.807, 2.05) is 46.8 Å². The van der Waals surface area contributed by atoms with Gasteiger partial charge in [-0.3, -0.25) is 4.79 Å². The van der Waals surface area contributed by atoms with Crippen LogP contribution in [0.3, 0.4) is 0 Å². The van der Waals surface area contributed by atoms with Crippen LogP contribution in [0.4, 0.5) is 5.69 Å². The van der Waals surface area contributed by atoms with Crippen molar-refractivity contribution in [1.29, 1.82) is 0 Å². The maximum Gasteiger partial charge on any atom is 0.338 e. The molecule has 8 nitrogen and oxygen atoms in total. The maximum atomic E-state index is 12.1.